The third kappa shape index (κ3) is 34.4. The van der Waals surface area contributed by atoms with Gasteiger partial charge in [0.1, 0.15) is 12.1 Å². The van der Waals surface area contributed by atoms with Gasteiger partial charge in [-0.05, 0) is 81.3 Å². The fourth-order valence-electron chi connectivity index (χ4n) is 13.3. The Morgan fingerprint density at radius 3 is 1.02 bits per heavy atom. The number of benzene rings is 2. The largest absolute Gasteiger partial charge is 0.480 e. The minimum atomic E-state index is -1.04. The average Bonchev–Trinajstić information content (AvgIpc) is 1.61. The van der Waals surface area contributed by atoms with E-state index in [0.717, 1.165) is 22.3 Å². The molecule has 36 nitrogen and oxygen atoms in total. The third-order valence-electron chi connectivity index (χ3n) is 19.1. The molecular formula is C70H103La2N15O21. The number of unbranched alkanes of at least 4 members (excludes halogenated alkanes) is 2. The quantitative estimate of drug-likeness (QED) is 0.0256. The molecule has 3 fully saturated rings. The van der Waals surface area contributed by atoms with Crippen LogP contribution >= 0.6 is 0 Å². The van der Waals surface area contributed by atoms with Gasteiger partial charge < -0.3 is 68.1 Å². The Bertz CT molecular complexity index is 3280. The zero-order chi connectivity index (χ0) is 77.2. The van der Waals surface area contributed by atoms with E-state index < -0.39 is 71.9 Å². The van der Waals surface area contributed by atoms with E-state index in [1.54, 1.807) is 29.4 Å². The standard InChI is InChI=1S/C36H49N7O10.C34H54N8O11.2La/c37-35(51)29(39-36(52)53-34-27-9-3-1-7-25(27)26-8-2-4-10-28(26)34)11-5-6-12-38-30(44)21-40-13-15-41(22-31(45)46)17-19-43(24-33(49)50)20-18-42(16-14-40)23-32(47)48;35-33(52)26(37-34(53)25-6-4-24(5-7-25)19-42-28(44)8-9-29(42)45)3-1-2-10-36-27(43)20-38-11-13-39(21-30(46)47)15-17-41(23-32(50)51)18-16-40(14-12-38)22-31(48)49;;/h1-4,7-10,29,34H,5-6,11-24H2,(H2,37,51)(H,38,44)(H,39,52)(H,45,46)(H,47,48)(H,49,50);8-9,24-26H,1-7,10-23H2,(H2,35,52)(H,36,43)(H,37,53)(H,46,47)(H,48,49)(H,50,51);;/t29-;24?,25?,26-;;/m00../s1. The molecule has 0 spiro atoms. The molecule has 2 radical (unpaired) electrons. The summed E-state index contributed by atoms with van der Waals surface area (Å²) >= 11 is 0. The van der Waals surface area contributed by atoms with Crippen LogP contribution in [0.2, 0.25) is 0 Å². The van der Waals surface area contributed by atoms with Gasteiger partial charge in [0, 0.05) is 225 Å². The molecule has 590 valence electrons. The maximum atomic E-state index is 13.0. The number of nitrogens with zero attached hydrogens (tertiary/aromatic N) is 9. The minimum absolute atomic E-state index is 0. The number of imide groups is 1. The molecule has 2 saturated heterocycles. The molecule has 2 atom stereocenters. The van der Waals surface area contributed by atoms with Gasteiger partial charge in [-0.25, -0.2) is 4.79 Å². The molecule has 5 aliphatic rings. The summed E-state index contributed by atoms with van der Waals surface area (Å²) in [7, 11) is 0. The van der Waals surface area contributed by atoms with Crippen LogP contribution in [0.5, 0.6) is 0 Å². The van der Waals surface area contributed by atoms with E-state index in [2.05, 4.69) is 21.3 Å². The Kier molecular flexibility index (Phi) is 42.4. The molecule has 108 heavy (non-hydrogen) atoms. The number of alkyl carbamates (subject to hydrolysis) is 1. The van der Waals surface area contributed by atoms with Gasteiger partial charge in [-0.1, -0.05) is 48.5 Å². The van der Waals surface area contributed by atoms with Crippen LogP contribution < -0.4 is 32.7 Å². The zero-order valence-electron chi connectivity index (χ0n) is 61.0. The molecular weight excluding hydrogens is 1660 g/mol. The Morgan fingerprint density at radius 1 is 0.417 bits per heavy atom. The van der Waals surface area contributed by atoms with E-state index in [4.69, 9.17) is 16.2 Å². The number of carbonyl (C=O) groups is 14. The fraction of sp³-hybridized carbons (Fsp3) is 0.600. The zero-order valence-corrected chi connectivity index (χ0v) is 68.2. The third-order valence-corrected chi connectivity index (χ3v) is 19.1. The maximum Gasteiger partial charge on any atom is 0.408 e. The first kappa shape index (κ1) is 93.2. The number of carbonyl (C=O) groups excluding carboxylic acids is 8. The molecule has 2 aromatic rings. The van der Waals surface area contributed by atoms with Crippen LogP contribution in [0.1, 0.15) is 81.4 Å². The molecule has 2 aliphatic carbocycles. The Labute approximate surface area is 682 Å². The number of amides is 8. The molecule has 3 heterocycles. The Hall–Kier alpha value is -7.17. The Morgan fingerprint density at radius 2 is 0.713 bits per heavy atom. The smallest absolute Gasteiger partial charge is 0.408 e. The first-order chi connectivity index (χ1) is 50.6. The van der Waals surface area contributed by atoms with E-state index in [0.29, 0.717) is 117 Å². The monoisotopic (exact) mass is 1770 g/mol. The van der Waals surface area contributed by atoms with E-state index in [1.165, 1.54) is 17.1 Å². The van der Waals surface area contributed by atoms with Crippen LogP contribution in [-0.4, -0.2) is 347 Å². The van der Waals surface area contributed by atoms with Gasteiger partial charge >= 0.3 is 41.9 Å². The van der Waals surface area contributed by atoms with Crippen molar-refractivity contribution in [1.82, 2.24) is 65.4 Å². The van der Waals surface area contributed by atoms with Crippen LogP contribution in [0.4, 0.5) is 4.79 Å². The maximum absolute atomic E-state index is 13.0. The molecule has 1 saturated carbocycles. The van der Waals surface area contributed by atoms with Crippen LogP contribution in [0.3, 0.4) is 0 Å². The summed E-state index contributed by atoms with van der Waals surface area (Å²) in [6, 6.07) is 13.4. The van der Waals surface area contributed by atoms with Crippen molar-refractivity contribution >= 4 is 83.3 Å². The van der Waals surface area contributed by atoms with Gasteiger partial charge in [-0.2, -0.15) is 0 Å². The van der Waals surface area contributed by atoms with Crippen molar-refractivity contribution < 1.29 is 174 Å². The summed E-state index contributed by atoms with van der Waals surface area (Å²) in [5, 5.41) is 67.3. The molecule has 38 heteroatoms. The predicted octanol–water partition coefficient (Wildman–Crippen LogP) is -2.45. The number of primary amides is 2. The van der Waals surface area contributed by atoms with Crippen molar-refractivity contribution in [3.8, 4) is 11.1 Å². The fourth-order valence-corrected chi connectivity index (χ4v) is 13.3. The second-order valence-electron chi connectivity index (χ2n) is 27.1. The summed E-state index contributed by atoms with van der Waals surface area (Å²) in [5.74, 6) is -9.27. The first-order valence-electron chi connectivity index (χ1n) is 35.8. The van der Waals surface area contributed by atoms with Crippen molar-refractivity contribution in [2.24, 2.45) is 23.3 Å². The van der Waals surface area contributed by atoms with Gasteiger partial charge in [0.2, 0.25) is 29.5 Å². The van der Waals surface area contributed by atoms with Crippen molar-refractivity contribution in [1.29, 1.82) is 0 Å². The number of aliphatic carboxylic acids is 6. The van der Waals surface area contributed by atoms with Crippen molar-refractivity contribution in [3.63, 3.8) is 0 Å². The van der Waals surface area contributed by atoms with Gasteiger partial charge in [0.05, 0.1) is 52.4 Å². The molecule has 14 N–H and O–H groups in total. The van der Waals surface area contributed by atoms with Crippen LogP contribution in [0, 0.1) is 83.0 Å². The number of ether oxygens (including phenoxy) is 1. The molecule has 0 aromatic heterocycles. The SMILES string of the molecule is NC(=O)[C@H](CCCCNC(=O)CN1CCN(CC(=O)O)CCN(CC(=O)O)CCN(CC(=O)O)CC1)NC(=O)C1CCC(CN2C(=O)C=CC2=O)CC1.NC(=O)[C@H](CCCCNC(=O)CN1CCN(CC(=O)O)CCN(CC(=O)O)CCN(CC(=O)O)CC1)NC(=O)OC1c2ccccc2-c2ccccc21.[La].[La]. The molecule has 2 aromatic carbocycles. The molecule has 0 bridgehead atoms. The van der Waals surface area contributed by atoms with Crippen molar-refractivity contribution in [2.75, 3.05) is 177 Å². The molecule has 7 rings (SSSR count). The van der Waals surface area contributed by atoms with E-state index in [1.807, 2.05) is 58.3 Å². The molecule has 8 amide bonds. The second-order valence-corrected chi connectivity index (χ2v) is 27.1. The average molecular weight is 1770 g/mol. The number of hydrogen-bond acceptors (Lipinski definition) is 23. The van der Waals surface area contributed by atoms with Crippen LogP contribution in [-0.2, 0) is 67.1 Å². The number of nitrogens with one attached hydrogen (secondary N) is 4. The second kappa shape index (κ2) is 49.2. The number of nitrogens with two attached hydrogens (primary N) is 2. The number of fused-ring (bicyclic) bond motifs is 3. The van der Waals surface area contributed by atoms with Gasteiger partial charge in [-0.3, -0.25) is 106 Å². The first-order valence-corrected chi connectivity index (χ1v) is 35.8. The molecule has 0 unspecified atom stereocenters. The van der Waals surface area contributed by atoms with E-state index in [9.17, 15) is 97.8 Å². The van der Waals surface area contributed by atoms with Crippen molar-refractivity contribution in [2.45, 2.75) is 82.4 Å². The van der Waals surface area contributed by atoms with Gasteiger partial charge in [-0.15, -0.1) is 0 Å². The van der Waals surface area contributed by atoms with E-state index in [-0.39, 0.29) is 237 Å². The number of hydrogen-bond donors (Lipinski definition) is 12. The summed E-state index contributed by atoms with van der Waals surface area (Å²) in [4.78, 5) is 184. The minimum Gasteiger partial charge on any atom is -0.480 e. The van der Waals surface area contributed by atoms with Gasteiger partial charge in [0.25, 0.3) is 11.8 Å². The summed E-state index contributed by atoms with van der Waals surface area (Å²) in [5.41, 5.74) is 14.8. The van der Waals surface area contributed by atoms with Gasteiger partial charge in [0.15, 0.2) is 6.10 Å². The normalized spacial score (nSPS) is 19.2. The van der Waals surface area contributed by atoms with Crippen molar-refractivity contribution in [3.05, 3.63) is 71.8 Å². The van der Waals surface area contributed by atoms with E-state index >= 15 is 0 Å². The topological polar surface area (TPSA) is 499 Å². The van der Waals surface area contributed by atoms with Crippen LogP contribution in [0.25, 0.3) is 11.1 Å². The number of carboxylic acids is 6. The molecule has 3 aliphatic heterocycles. The Balaban J connectivity index is 0.000000448. The summed E-state index contributed by atoms with van der Waals surface area (Å²) < 4.78 is 5.78. The number of carboxylic acid groups (broad SMARTS) is 6. The van der Waals surface area contributed by atoms with Crippen LogP contribution in [0.15, 0.2) is 60.7 Å². The summed E-state index contributed by atoms with van der Waals surface area (Å²) in [6.07, 6.45) is 6.03. The number of rotatable bonds is 34. The summed E-state index contributed by atoms with van der Waals surface area (Å²) in [6.45, 7) is 3.96. The predicted molar refractivity (Wildman–Crippen MR) is 380 cm³/mol.